The molecule has 0 aromatic heterocycles. The van der Waals surface area contributed by atoms with Crippen molar-refractivity contribution < 1.29 is 17.9 Å². The van der Waals surface area contributed by atoms with Crippen LogP contribution in [0.15, 0.2) is 0 Å². The van der Waals surface area contributed by atoms with Gasteiger partial charge in [-0.05, 0) is 31.1 Å². The van der Waals surface area contributed by atoms with Crippen molar-refractivity contribution in [2.45, 2.75) is 51.8 Å². The Kier molecular flexibility index (Phi) is 5.25. The molecule has 0 radical (unpaired) electrons. The van der Waals surface area contributed by atoms with Gasteiger partial charge in [-0.25, -0.2) is 0 Å². The monoisotopic (exact) mass is 253 g/mol. The van der Waals surface area contributed by atoms with E-state index in [2.05, 4.69) is 19.2 Å². The molecule has 1 aliphatic rings. The number of halogens is 3. The molecule has 0 aliphatic heterocycles. The molecule has 1 N–H and O–H groups in total. The van der Waals surface area contributed by atoms with Crippen molar-refractivity contribution in [1.29, 1.82) is 0 Å². The molecule has 0 amide bonds. The first-order valence-corrected chi connectivity index (χ1v) is 6.18. The average molecular weight is 253 g/mol. The standard InChI is InChI=1S/C12H22F3NO/c1-11(2)5-3-10(4-6-11)17-8-7-16-9-12(13,14)15/h10,16H,3-9H2,1-2H3. The van der Waals surface area contributed by atoms with E-state index in [1.807, 2.05) is 0 Å². The zero-order valence-corrected chi connectivity index (χ0v) is 10.6. The fraction of sp³-hybridized carbons (Fsp3) is 1.00. The van der Waals surface area contributed by atoms with Crippen LogP contribution in [0.1, 0.15) is 39.5 Å². The van der Waals surface area contributed by atoms with Gasteiger partial charge in [-0.3, -0.25) is 0 Å². The van der Waals surface area contributed by atoms with Crippen LogP contribution in [0.2, 0.25) is 0 Å². The van der Waals surface area contributed by atoms with E-state index in [0.29, 0.717) is 12.0 Å². The maximum Gasteiger partial charge on any atom is 0.401 e. The molecule has 1 saturated carbocycles. The quantitative estimate of drug-likeness (QED) is 0.760. The molecule has 0 saturated heterocycles. The summed E-state index contributed by atoms with van der Waals surface area (Å²) >= 11 is 0. The number of alkyl halides is 3. The van der Waals surface area contributed by atoms with Gasteiger partial charge in [0.2, 0.25) is 0 Å². The van der Waals surface area contributed by atoms with E-state index in [1.165, 1.54) is 0 Å². The molecular weight excluding hydrogens is 231 g/mol. The van der Waals surface area contributed by atoms with E-state index in [0.717, 1.165) is 25.7 Å². The molecule has 0 atom stereocenters. The lowest BCUT2D eigenvalue weighted by atomic mass is 9.76. The number of nitrogens with one attached hydrogen (secondary N) is 1. The molecule has 0 aromatic rings. The van der Waals surface area contributed by atoms with Crippen LogP contribution < -0.4 is 5.32 Å². The van der Waals surface area contributed by atoms with Crippen molar-refractivity contribution >= 4 is 0 Å². The van der Waals surface area contributed by atoms with Crippen LogP contribution in [0.25, 0.3) is 0 Å². The molecule has 0 aromatic carbocycles. The van der Waals surface area contributed by atoms with Gasteiger partial charge in [-0.2, -0.15) is 13.2 Å². The van der Waals surface area contributed by atoms with Crippen LogP contribution in [0.3, 0.4) is 0 Å². The SMILES string of the molecule is CC1(C)CCC(OCCNCC(F)(F)F)CC1. The minimum absolute atomic E-state index is 0.232. The van der Waals surface area contributed by atoms with Gasteiger partial charge < -0.3 is 10.1 Å². The van der Waals surface area contributed by atoms with Crippen LogP contribution in [0, 0.1) is 5.41 Å². The van der Waals surface area contributed by atoms with E-state index >= 15 is 0 Å². The highest BCUT2D eigenvalue weighted by Gasteiger charge is 2.28. The first-order valence-electron chi connectivity index (χ1n) is 6.18. The van der Waals surface area contributed by atoms with Gasteiger partial charge in [0, 0.05) is 6.54 Å². The lowest BCUT2D eigenvalue weighted by Crippen LogP contribution is -2.33. The topological polar surface area (TPSA) is 21.3 Å². The molecule has 0 bridgehead atoms. The third-order valence-electron chi connectivity index (χ3n) is 3.24. The Morgan fingerprint density at radius 3 is 2.35 bits per heavy atom. The smallest absolute Gasteiger partial charge is 0.377 e. The summed E-state index contributed by atoms with van der Waals surface area (Å²) in [7, 11) is 0. The van der Waals surface area contributed by atoms with Crippen LogP contribution in [0.5, 0.6) is 0 Å². The summed E-state index contributed by atoms with van der Waals surface area (Å²) in [6, 6.07) is 0. The summed E-state index contributed by atoms with van der Waals surface area (Å²) in [6.07, 6.45) is 0.407. The lowest BCUT2D eigenvalue weighted by Gasteiger charge is -2.34. The molecular formula is C12H22F3NO. The Balaban J connectivity index is 2.01. The minimum Gasteiger partial charge on any atom is -0.377 e. The Morgan fingerprint density at radius 2 is 1.82 bits per heavy atom. The second-order valence-electron chi connectivity index (χ2n) is 5.53. The Morgan fingerprint density at radius 1 is 1.24 bits per heavy atom. The predicted octanol–water partition coefficient (Wildman–Crippen LogP) is 3.12. The molecule has 17 heavy (non-hydrogen) atoms. The fourth-order valence-corrected chi connectivity index (χ4v) is 2.07. The third kappa shape index (κ3) is 6.88. The van der Waals surface area contributed by atoms with E-state index in [1.54, 1.807) is 0 Å². The first-order chi connectivity index (χ1) is 7.79. The highest BCUT2D eigenvalue weighted by molar-refractivity contribution is 4.78. The summed E-state index contributed by atoms with van der Waals surface area (Å²) in [5, 5.41) is 2.33. The summed E-state index contributed by atoms with van der Waals surface area (Å²) in [6.45, 7) is 4.18. The first kappa shape index (κ1) is 14.8. The highest BCUT2D eigenvalue weighted by Crippen LogP contribution is 2.35. The summed E-state index contributed by atoms with van der Waals surface area (Å²) in [4.78, 5) is 0. The minimum atomic E-state index is -4.13. The second-order valence-corrected chi connectivity index (χ2v) is 5.53. The van der Waals surface area contributed by atoms with Crippen molar-refractivity contribution in [1.82, 2.24) is 5.32 Å². The van der Waals surface area contributed by atoms with E-state index in [4.69, 9.17) is 4.74 Å². The molecule has 0 spiro atoms. The zero-order chi connectivity index (χ0) is 12.9. The highest BCUT2D eigenvalue weighted by atomic mass is 19.4. The van der Waals surface area contributed by atoms with Gasteiger partial charge in [-0.1, -0.05) is 13.8 Å². The molecule has 102 valence electrons. The lowest BCUT2D eigenvalue weighted by molar-refractivity contribution is -0.125. The van der Waals surface area contributed by atoms with E-state index < -0.39 is 12.7 Å². The number of hydrogen-bond acceptors (Lipinski definition) is 2. The van der Waals surface area contributed by atoms with Crippen molar-refractivity contribution in [3.8, 4) is 0 Å². The second kappa shape index (κ2) is 6.05. The maximum atomic E-state index is 11.8. The molecule has 5 heteroatoms. The molecule has 1 fully saturated rings. The summed E-state index contributed by atoms with van der Waals surface area (Å²) < 4.78 is 41.0. The normalized spacial score (nSPS) is 21.7. The van der Waals surface area contributed by atoms with Gasteiger partial charge in [0.25, 0.3) is 0 Å². The molecule has 1 rings (SSSR count). The summed E-state index contributed by atoms with van der Waals surface area (Å²) in [5.74, 6) is 0. The van der Waals surface area contributed by atoms with E-state index in [9.17, 15) is 13.2 Å². The van der Waals surface area contributed by atoms with Crippen molar-refractivity contribution in [2.24, 2.45) is 5.41 Å². The van der Waals surface area contributed by atoms with Crippen LogP contribution in [0.4, 0.5) is 13.2 Å². The molecule has 0 heterocycles. The summed E-state index contributed by atoms with van der Waals surface area (Å²) in [5.41, 5.74) is 0.397. The zero-order valence-electron chi connectivity index (χ0n) is 10.6. The molecule has 1 aliphatic carbocycles. The average Bonchev–Trinajstić information content (AvgIpc) is 2.18. The Bertz CT molecular complexity index is 218. The number of hydrogen-bond donors (Lipinski definition) is 1. The number of rotatable bonds is 5. The number of ether oxygens (including phenoxy) is 1. The Hall–Kier alpha value is -0.290. The van der Waals surface area contributed by atoms with Gasteiger partial charge in [0.1, 0.15) is 0 Å². The van der Waals surface area contributed by atoms with Gasteiger partial charge in [-0.15, -0.1) is 0 Å². The Labute approximate surface area is 101 Å². The third-order valence-corrected chi connectivity index (χ3v) is 3.24. The van der Waals surface area contributed by atoms with Crippen molar-refractivity contribution in [3.63, 3.8) is 0 Å². The molecule has 0 unspecified atom stereocenters. The van der Waals surface area contributed by atoms with Crippen LogP contribution in [-0.2, 0) is 4.74 Å². The van der Waals surface area contributed by atoms with Crippen molar-refractivity contribution in [2.75, 3.05) is 19.7 Å². The van der Waals surface area contributed by atoms with Gasteiger partial charge >= 0.3 is 6.18 Å². The van der Waals surface area contributed by atoms with Crippen molar-refractivity contribution in [3.05, 3.63) is 0 Å². The van der Waals surface area contributed by atoms with Gasteiger partial charge in [0.15, 0.2) is 0 Å². The van der Waals surface area contributed by atoms with Crippen LogP contribution in [-0.4, -0.2) is 32.0 Å². The molecule has 2 nitrogen and oxygen atoms in total. The van der Waals surface area contributed by atoms with Gasteiger partial charge in [0.05, 0.1) is 19.3 Å². The van der Waals surface area contributed by atoms with Crippen LogP contribution >= 0.6 is 0 Å². The largest absolute Gasteiger partial charge is 0.401 e. The van der Waals surface area contributed by atoms with E-state index in [-0.39, 0.29) is 12.6 Å². The predicted molar refractivity (Wildman–Crippen MR) is 60.9 cm³/mol. The fourth-order valence-electron chi connectivity index (χ4n) is 2.07. The maximum absolute atomic E-state index is 11.8.